The van der Waals surface area contributed by atoms with Gasteiger partial charge in [-0.3, -0.25) is 9.59 Å². The van der Waals surface area contributed by atoms with Crippen molar-refractivity contribution in [1.29, 1.82) is 0 Å². The van der Waals surface area contributed by atoms with Gasteiger partial charge < -0.3 is 25.8 Å². The molecule has 7 heteroatoms. The maximum Gasteiger partial charge on any atom is 0.221 e. The van der Waals surface area contributed by atoms with Crippen molar-refractivity contribution in [2.45, 2.75) is 38.8 Å². The van der Waals surface area contributed by atoms with Crippen LogP contribution in [-0.4, -0.2) is 55.8 Å². The lowest BCUT2D eigenvalue weighted by molar-refractivity contribution is -0.121. The molecule has 2 amide bonds. The van der Waals surface area contributed by atoms with E-state index >= 15 is 0 Å². The lowest BCUT2D eigenvalue weighted by atomic mass is 10.1. The minimum absolute atomic E-state index is 0.0162. The number of aliphatic hydroxyl groups is 1. The lowest BCUT2D eigenvalue weighted by Crippen LogP contribution is -2.39. The van der Waals surface area contributed by atoms with E-state index in [2.05, 4.69) is 16.0 Å². The van der Waals surface area contributed by atoms with Gasteiger partial charge >= 0.3 is 0 Å². The summed E-state index contributed by atoms with van der Waals surface area (Å²) in [6.07, 6.45) is 0.464. The molecule has 2 atom stereocenters. The van der Waals surface area contributed by atoms with Crippen molar-refractivity contribution in [3.8, 4) is 5.75 Å². The van der Waals surface area contributed by atoms with Crippen molar-refractivity contribution >= 4 is 11.8 Å². The normalized spacial score (nSPS) is 13.0. The van der Waals surface area contributed by atoms with Gasteiger partial charge in [0.15, 0.2) is 0 Å². The number of hydrogen-bond donors (Lipinski definition) is 4. The van der Waals surface area contributed by atoms with Crippen LogP contribution in [-0.2, 0) is 16.0 Å². The highest BCUT2D eigenvalue weighted by molar-refractivity contribution is 5.76. The number of hydrogen-bond acceptors (Lipinski definition) is 5. The standard InChI is InChI=1S/C18H29N3O4/c1-13(10-18(24)19-3)21-11-16(23)12-25-17-6-4-15(5-7-17)8-9-20-14(2)22/h4-7,13,16,21,23H,8-12H2,1-3H3,(H,19,24)(H,20,22). The second-order valence-corrected chi connectivity index (χ2v) is 6.03. The van der Waals surface area contributed by atoms with E-state index in [1.165, 1.54) is 6.92 Å². The number of carbonyl (C=O) groups is 2. The van der Waals surface area contributed by atoms with Crippen molar-refractivity contribution in [1.82, 2.24) is 16.0 Å². The monoisotopic (exact) mass is 351 g/mol. The van der Waals surface area contributed by atoms with Crippen LogP contribution in [0.4, 0.5) is 0 Å². The molecule has 1 aromatic rings. The van der Waals surface area contributed by atoms with Gasteiger partial charge in [0.25, 0.3) is 0 Å². The highest BCUT2D eigenvalue weighted by Crippen LogP contribution is 2.12. The summed E-state index contributed by atoms with van der Waals surface area (Å²) in [6.45, 7) is 4.52. The molecule has 0 saturated carbocycles. The number of nitrogens with one attached hydrogen (secondary N) is 3. The first-order valence-electron chi connectivity index (χ1n) is 8.49. The third kappa shape index (κ3) is 9.69. The van der Waals surface area contributed by atoms with E-state index in [9.17, 15) is 14.7 Å². The molecular weight excluding hydrogens is 322 g/mol. The van der Waals surface area contributed by atoms with Crippen LogP contribution in [0, 0.1) is 0 Å². The van der Waals surface area contributed by atoms with Gasteiger partial charge in [0.05, 0.1) is 0 Å². The van der Waals surface area contributed by atoms with Gasteiger partial charge in [0.1, 0.15) is 18.5 Å². The van der Waals surface area contributed by atoms with Crippen LogP contribution in [0.2, 0.25) is 0 Å². The number of rotatable bonds is 11. The van der Waals surface area contributed by atoms with Gasteiger partial charge in [-0.05, 0) is 31.0 Å². The number of amides is 2. The average molecular weight is 351 g/mol. The first kappa shape index (κ1) is 20.9. The quantitative estimate of drug-likeness (QED) is 0.457. The Labute approximate surface area is 149 Å². The number of benzene rings is 1. The summed E-state index contributed by atoms with van der Waals surface area (Å²) in [6, 6.07) is 7.55. The molecule has 0 bridgehead atoms. The van der Waals surface area contributed by atoms with Gasteiger partial charge in [0, 0.05) is 39.5 Å². The molecule has 0 spiro atoms. The predicted molar refractivity (Wildman–Crippen MR) is 96.5 cm³/mol. The summed E-state index contributed by atoms with van der Waals surface area (Å²) in [5.74, 6) is 0.609. The Kier molecular flexibility index (Phi) is 9.57. The van der Waals surface area contributed by atoms with Crippen LogP contribution in [0.1, 0.15) is 25.8 Å². The van der Waals surface area contributed by atoms with E-state index in [1.807, 2.05) is 31.2 Å². The van der Waals surface area contributed by atoms with Gasteiger partial charge in [-0.1, -0.05) is 12.1 Å². The number of ether oxygens (including phenoxy) is 1. The lowest BCUT2D eigenvalue weighted by Gasteiger charge is -2.17. The number of aliphatic hydroxyl groups excluding tert-OH is 1. The van der Waals surface area contributed by atoms with Crippen molar-refractivity contribution in [2.24, 2.45) is 0 Å². The Hall–Kier alpha value is -2.12. The van der Waals surface area contributed by atoms with Crippen LogP contribution >= 0.6 is 0 Å². The third-order valence-electron chi connectivity index (χ3n) is 3.63. The molecule has 0 aromatic heterocycles. The fourth-order valence-electron chi connectivity index (χ4n) is 2.18. The molecule has 0 saturated heterocycles. The first-order valence-corrected chi connectivity index (χ1v) is 8.49. The maximum absolute atomic E-state index is 11.2. The molecule has 0 heterocycles. The SMILES string of the molecule is CNC(=O)CC(C)NCC(O)COc1ccc(CCNC(C)=O)cc1. The highest BCUT2D eigenvalue weighted by Gasteiger charge is 2.10. The van der Waals surface area contributed by atoms with E-state index in [4.69, 9.17) is 4.74 Å². The summed E-state index contributed by atoms with van der Waals surface area (Å²) in [4.78, 5) is 22.1. The summed E-state index contributed by atoms with van der Waals surface area (Å²) >= 11 is 0. The molecule has 7 nitrogen and oxygen atoms in total. The Morgan fingerprint density at radius 1 is 1.24 bits per heavy atom. The van der Waals surface area contributed by atoms with Gasteiger partial charge in [0.2, 0.25) is 11.8 Å². The zero-order chi connectivity index (χ0) is 18.7. The largest absolute Gasteiger partial charge is 0.491 e. The predicted octanol–water partition coefficient (Wildman–Crippen LogP) is 0.219. The molecule has 1 rings (SSSR count). The molecule has 0 aliphatic rings. The van der Waals surface area contributed by atoms with Crippen LogP contribution in [0.15, 0.2) is 24.3 Å². The van der Waals surface area contributed by atoms with Crippen LogP contribution in [0.3, 0.4) is 0 Å². The minimum Gasteiger partial charge on any atom is -0.491 e. The van der Waals surface area contributed by atoms with E-state index < -0.39 is 6.10 Å². The highest BCUT2D eigenvalue weighted by atomic mass is 16.5. The average Bonchev–Trinajstić information content (AvgIpc) is 2.58. The second kappa shape index (κ2) is 11.4. The van der Waals surface area contributed by atoms with Gasteiger partial charge in [-0.15, -0.1) is 0 Å². The molecular formula is C18H29N3O4. The van der Waals surface area contributed by atoms with Crippen molar-refractivity contribution < 1.29 is 19.4 Å². The third-order valence-corrected chi connectivity index (χ3v) is 3.63. The molecule has 2 unspecified atom stereocenters. The van der Waals surface area contributed by atoms with Crippen molar-refractivity contribution in [3.63, 3.8) is 0 Å². The molecule has 140 valence electrons. The van der Waals surface area contributed by atoms with E-state index in [-0.39, 0.29) is 24.5 Å². The van der Waals surface area contributed by atoms with Gasteiger partial charge in [-0.2, -0.15) is 0 Å². The minimum atomic E-state index is -0.661. The molecule has 25 heavy (non-hydrogen) atoms. The fourth-order valence-corrected chi connectivity index (χ4v) is 2.18. The molecule has 0 aliphatic heterocycles. The van der Waals surface area contributed by atoms with Crippen molar-refractivity contribution in [3.05, 3.63) is 29.8 Å². The Morgan fingerprint density at radius 2 is 1.92 bits per heavy atom. The van der Waals surface area contributed by atoms with Gasteiger partial charge in [-0.25, -0.2) is 0 Å². The van der Waals surface area contributed by atoms with E-state index in [1.54, 1.807) is 7.05 Å². The molecule has 0 aliphatic carbocycles. The fraction of sp³-hybridized carbons (Fsp3) is 0.556. The Morgan fingerprint density at radius 3 is 2.52 bits per heavy atom. The smallest absolute Gasteiger partial charge is 0.221 e. The van der Waals surface area contributed by atoms with E-state index in [0.29, 0.717) is 25.3 Å². The van der Waals surface area contributed by atoms with Crippen LogP contribution < -0.4 is 20.7 Å². The molecule has 1 aromatic carbocycles. The summed E-state index contributed by atoms with van der Waals surface area (Å²) in [5, 5.41) is 18.4. The summed E-state index contributed by atoms with van der Waals surface area (Å²) < 4.78 is 5.56. The van der Waals surface area contributed by atoms with Crippen LogP contribution in [0.5, 0.6) is 5.75 Å². The second-order valence-electron chi connectivity index (χ2n) is 6.03. The molecule has 4 N–H and O–H groups in total. The Balaban J connectivity index is 2.25. The van der Waals surface area contributed by atoms with Crippen LogP contribution in [0.25, 0.3) is 0 Å². The maximum atomic E-state index is 11.2. The van der Waals surface area contributed by atoms with E-state index in [0.717, 1.165) is 12.0 Å². The zero-order valence-electron chi connectivity index (χ0n) is 15.2. The summed E-state index contributed by atoms with van der Waals surface area (Å²) in [7, 11) is 1.60. The molecule has 0 fully saturated rings. The van der Waals surface area contributed by atoms with Crippen molar-refractivity contribution in [2.75, 3.05) is 26.7 Å². The Bertz CT molecular complexity index is 534. The number of carbonyl (C=O) groups excluding carboxylic acids is 2. The zero-order valence-corrected chi connectivity index (χ0v) is 15.2. The molecule has 0 radical (unpaired) electrons. The summed E-state index contributed by atoms with van der Waals surface area (Å²) in [5.41, 5.74) is 1.10. The topological polar surface area (TPSA) is 99.7 Å². The first-order chi connectivity index (χ1) is 11.9.